The van der Waals surface area contributed by atoms with Crippen molar-refractivity contribution < 1.29 is 14.3 Å². The molecule has 1 amide bonds. The maximum absolute atomic E-state index is 12.2. The molecule has 2 aromatic heterocycles. The monoisotopic (exact) mass is 384 g/mol. The molecule has 0 radical (unpaired) electrons. The third-order valence-corrected chi connectivity index (χ3v) is 4.08. The topological polar surface area (TPSA) is 103 Å². The summed E-state index contributed by atoms with van der Waals surface area (Å²) in [6.45, 7) is 3.84. The largest absolute Gasteiger partial charge is 0.481 e. The fourth-order valence-electron chi connectivity index (χ4n) is 2.65. The SMILES string of the molecule is COCCNc1ncnc2c1cnn2CCNC(=O)C(C)Oc1ccccc1. The van der Waals surface area contributed by atoms with E-state index in [9.17, 15) is 4.79 Å². The second-order valence-corrected chi connectivity index (χ2v) is 6.11. The Morgan fingerprint density at radius 3 is 2.82 bits per heavy atom. The van der Waals surface area contributed by atoms with Crippen LogP contribution < -0.4 is 15.4 Å². The van der Waals surface area contributed by atoms with E-state index >= 15 is 0 Å². The number of carbonyl (C=O) groups excluding carboxylic acids is 1. The maximum Gasteiger partial charge on any atom is 0.260 e. The number of carbonyl (C=O) groups is 1. The predicted octanol–water partition coefficient (Wildman–Crippen LogP) is 1.47. The molecule has 9 nitrogen and oxygen atoms in total. The van der Waals surface area contributed by atoms with Gasteiger partial charge in [0, 0.05) is 20.2 Å². The Morgan fingerprint density at radius 1 is 1.21 bits per heavy atom. The summed E-state index contributed by atoms with van der Waals surface area (Å²) in [6, 6.07) is 9.26. The van der Waals surface area contributed by atoms with Gasteiger partial charge in [-0.1, -0.05) is 18.2 Å². The third kappa shape index (κ3) is 4.95. The van der Waals surface area contributed by atoms with Gasteiger partial charge < -0.3 is 20.1 Å². The molecule has 1 atom stereocenters. The Bertz CT molecular complexity index is 899. The van der Waals surface area contributed by atoms with Crippen molar-refractivity contribution in [3.05, 3.63) is 42.9 Å². The number of amides is 1. The molecule has 0 aliphatic carbocycles. The Kier molecular flexibility index (Phi) is 6.74. The molecule has 0 aliphatic rings. The number of para-hydroxylation sites is 1. The van der Waals surface area contributed by atoms with Crippen LogP contribution in [0.3, 0.4) is 0 Å². The molecular weight excluding hydrogens is 360 g/mol. The van der Waals surface area contributed by atoms with Crippen molar-refractivity contribution in [2.45, 2.75) is 19.6 Å². The Morgan fingerprint density at radius 2 is 2.04 bits per heavy atom. The van der Waals surface area contributed by atoms with E-state index in [1.54, 1.807) is 24.9 Å². The highest BCUT2D eigenvalue weighted by atomic mass is 16.5. The summed E-state index contributed by atoms with van der Waals surface area (Å²) < 4.78 is 12.4. The van der Waals surface area contributed by atoms with Crippen LogP contribution in [0, 0.1) is 0 Å². The summed E-state index contributed by atoms with van der Waals surface area (Å²) in [6.07, 6.45) is 2.62. The van der Waals surface area contributed by atoms with Gasteiger partial charge in [0.2, 0.25) is 0 Å². The van der Waals surface area contributed by atoms with E-state index in [4.69, 9.17) is 9.47 Å². The molecule has 148 valence electrons. The van der Waals surface area contributed by atoms with Gasteiger partial charge in [-0.2, -0.15) is 5.10 Å². The number of fused-ring (bicyclic) bond motifs is 1. The summed E-state index contributed by atoms with van der Waals surface area (Å²) in [5.41, 5.74) is 0.706. The molecule has 3 rings (SSSR count). The van der Waals surface area contributed by atoms with Gasteiger partial charge >= 0.3 is 0 Å². The highest BCUT2D eigenvalue weighted by Gasteiger charge is 2.15. The number of hydrogen-bond acceptors (Lipinski definition) is 7. The quantitative estimate of drug-likeness (QED) is 0.510. The van der Waals surface area contributed by atoms with Crippen molar-refractivity contribution in [3.8, 4) is 5.75 Å². The van der Waals surface area contributed by atoms with Crippen LogP contribution >= 0.6 is 0 Å². The van der Waals surface area contributed by atoms with Gasteiger partial charge in [0.05, 0.1) is 24.7 Å². The molecule has 3 aromatic rings. The normalized spacial score (nSPS) is 11.9. The molecule has 2 N–H and O–H groups in total. The van der Waals surface area contributed by atoms with Crippen LogP contribution in [0.5, 0.6) is 5.75 Å². The van der Waals surface area contributed by atoms with Crippen molar-refractivity contribution in [2.75, 3.05) is 32.1 Å². The molecule has 0 fully saturated rings. The molecule has 1 unspecified atom stereocenters. The summed E-state index contributed by atoms with van der Waals surface area (Å²) in [5.74, 6) is 1.19. The summed E-state index contributed by atoms with van der Waals surface area (Å²) >= 11 is 0. The molecule has 0 saturated heterocycles. The highest BCUT2D eigenvalue weighted by Crippen LogP contribution is 2.18. The number of aromatic nitrogens is 4. The van der Waals surface area contributed by atoms with Gasteiger partial charge in [-0.3, -0.25) is 4.79 Å². The Balaban J connectivity index is 1.53. The third-order valence-electron chi connectivity index (χ3n) is 4.08. The minimum atomic E-state index is -0.587. The molecule has 2 heterocycles. The molecular formula is C19H24N6O3. The smallest absolute Gasteiger partial charge is 0.260 e. The van der Waals surface area contributed by atoms with Crippen LogP contribution in [0.25, 0.3) is 11.0 Å². The van der Waals surface area contributed by atoms with Crippen LogP contribution in [0.4, 0.5) is 5.82 Å². The lowest BCUT2D eigenvalue weighted by molar-refractivity contribution is -0.127. The van der Waals surface area contributed by atoms with E-state index in [1.807, 2.05) is 30.3 Å². The molecule has 0 spiro atoms. The molecule has 0 bridgehead atoms. The van der Waals surface area contributed by atoms with E-state index in [0.29, 0.717) is 43.5 Å². The number of nitrogens with one attached hydrogen (secondary N) is 2. The van der Waals surface area contributed by atoms with Gasteiger partial charge in [-0.25, -0.2) is 14.6 Å². The van der Waals surface area contributed by atoms with E-state index in [0.717, 1.165) is 5.39 Å². The van der Waals surface area contributed by atoms with Gasteiger partial charge in [0.1, 0.15) is 17.9 Å². The summed E-state index contributed by atoms with van der Waals surface area (Å²) in [7, 11) is 1.65. The first-order valence-electron chi connectivity index (χ1n) is 9.08. The van der Waals surface area contributed by atoms with Crippen molar-refractivity contribution >= 4 is 22.8 Å². The Hall–Kier alpha value is -3.20. The van der Waals surface area contributed by atoms with Gasteiger partial charge in [0.15, 0.2) is 11.8 Å². The number of ether oxygens (including phenoxy) is 2. The number of benzene rings is 1. The van der Waals surface area contributed by atoms with Gasteiger partial charge in [-0.05, 0) is 19.1 Å². The van der Waals surface area contributed by atoms with Crippen molar-refractivity contribution in [1.82, 2.24) is 25.1 Å². The van der Waals surface area contributed by atoms with Crippen LogP contribution in [-0.4, -0.2) is 58.6 Å². The second kappa shape index (κ2) is 9.65. The maximum atomic E-state index is 12.2. The first-order chi connectivity index (χ1) is 13.7. The number of rotatable bonds is 10. The molecule has 28 heavy (non-hydrogen) atoms. The molecule has 9 heteroatoms. The van der Waals surface area contributed by atoms with Crippen molar-refractivity contribution in [3.63, 3.8) is 0 Å². The lowest BCUT2D eigenvalue weighted by Gasteiger charge is -2.14. The van der Waals surface area contributed by atoms with Crippen LogP contribution in [-0.2, 0) is 16.1 Å². The van der Waals surface area contributed by atoms with Crippen LogP contribution in [0.1, 0.15) is 6.92 Å². The van der Waals surface area contributed by atoms with E-state index in [1.165, 1.54) is 6.33 Å². The van der Waals surface area contributed by atoms with Gasteiger partial charge in [-0.15, -0.1) is 0 Å². The zero-order valence-electron chi connectivity index (χ0n) is 16.0. The molecule has 0 aliphatic heterocycles. The average molecular weight is 384 g/mol. The average Bonchev–Trinajstić information content (AvgIpc) is 3.13. The highest BCUT2D eigenvalue weighted by molar-refractivity contribution is 5.86. The predicted molar refractivity (Wildman–Crippen MR) is 105 cm³/mol. The van der Waals surface area contributed by atoms with Crippen molar-refractivity contribution in [2.24, 2.45) is 0 Å². The molecule has 1 aromatic carbocycles. The number of anilines is 1. The van der Waals surface area contributed by atoms with Crippen molar-refractivity contribution in [1.29, 1.82) is 0 Å². The first kappa shape index (κ1) is 19.6. The second-order valence-electron chi connectivity index (χ2n) is 6.11. The van der Waals surface area contributed by atoms with Gasteiger partial charge in [0.25, 0.3) is 5.91 Å². The van der Waals surface area contributed by atoms with E-state index in [-0.39, 0.29) is 5.91 Å². The zero-order valence-corrected chi connectivity index (χ0v) is 16.0. The standard InChI is InChI=1S/C19H24N6O3/c1-14(28-15-6-4-3-5-7-15)19(26)21-8-10-25-18-16(12-24-25)17(22-13-23-18)20-9-11-27-2/h3-7,12-14H,8-11H2,1-2H3,(H,21,26)(H,20,22,23). The van der Waals surface area contributed by atoms with Crippen LogP contribution in [0.2, 0.25) is 0 Å². The van der Waals surface area contributed by atoms with Crippen LogP contribution in [0.15, 0.2) is 42.9 Å². The van der Waals surface area contributed by atoms with E-state index in [2.05, 4.69) is 25.7 Å². The zero-order chi connectivity index (χ0) is 19.8. The first-order valence-corrected chi connectivity index (χ1v) is 9.08. The summed E-state index contributed by atoms with van der Waals surface area (Å²) in [5, 5.41) is 11.2. The van der Waals surface area contributed by atoms with E-state index < -0.39 is 6.10 Å². The summed E-state index contributed by atoms with van der Waals surface area (Å²) in [4.78, 5) is 20.8. The number of methoxy groups -OCH3 is 1. The number of hydrogen-bond donors (Lipinski definition) is 2. The molecule has 0 saturated carbocycles. The lowest BCUT2D eigenvalue weighted by Crippen LogP contribution is -2.38. The fourth-order valence-corrected chi connectivity index (χ4v) is 2.65. The fraction of sp³-hybridized carbons (Fsp3) is 0.368. The minimum Gasteiger partial charge on any atom is -0.481 e. The Labute approximate surface area is 163 Å². The minimum absolute atomic E-state index is 0.183. The number of nitrogens with zero attached hydrogens (tertiary/aromatic N) is 4. The lowest BCUT2D eigenvalue weighted by atomic mass is 10.3.